The summed E-state index contributed by atoms with van der Waals surface area (Å²) in [5.74, 6) is -3.16. The molecule has 3 N–H and O–H groups in total. The van der Waals surface area contributed by atoms with Crippen molar-refractivity contribution in [3.05, 3.63) is 53.3 Å². The van der Waals surface area contributed by atoms with Gasteiger partial charge >= 0.3 is 0 Å². The monoisotopic (exact) mass is 334 g/mol. The Morgan fingerprint density at radius 3 is 2.71 bits per heavy atom. The second-order valence-electron chi connectivity index (χ2n) is 5.34. The van der Waals surface area contributed by atoms with E-state index in [9.17, 15) is 18.0 Å². The van der Waals surface area contributed by atoms with Crippen LogP contribution in [-0.4, -0.2) is 16.1 Å². The molecule has 0 spiro atoms. The summed E-state index contributed by atoms with van der Waals surface area (Å²) < 4.78 is 46.6. The van der Waals surface area contributed by atoms with Gasteiger partial charge in [0.1, 0.15) is 23.2 Å². The van der Waals surface area contributed by atoms with Crippen LogP contribution in [0.4, 0.5) is 13.2 Å². The van der Waals surface area contributed by atoms with Gasteiger partial charge in [0, 0.05) is 28.6 Å². The highest BCUT2D eigenvalue weighted by atomic mass is 19.1. The van der Waals surface area contributed by atoms with Crippen LogP contribution in [0.5, 0.6) is 5.75 Å². The quantitative estimate of drug-likeness (QED) is 0.473. The first-order chi connectivity index (χ1) is 11.5. The van der Waals surface area contributed by atoms with Gasteiger partial charge in [0.15, 0.2) is 0 Å². The standard InChI is InChI=1S/C16H9F3N2O3/c17-6-1-2-8-11(5-6)24-15(16(22)21-23)12-9-3-7(18)4-10(19)13(9)20-14(8)12/h1-5,15,20,23H,(H,21,22)/t15-/m0/s1. The second-order valence-corrected chi connectivity index (χ2v) is 5.34. The first kappa shape index (κ1) is 14.6. The maximum absolute atomic E-state index is 14.1. The highest BCUT2D eigenvalue weighted by Gasteiger charge is 2.35. The van der Waals surface area contributed by atoms with Crippen LogP contribution in [0, 0.1) is 17.5 Å². The number of fused-ring (bicyclic) bond motifs is 5. The largest absolute Gasteiger partial charge is 0.475 e. The lowest BCUT2D eigenvalue weighted by Crippen LogP contribution is -2.31. The van der Waals surface area contributed by atoms with E-state index in [-0.39, 0.29) is 22.2 Å². The molecule has 2 heterocycles. The summed E-state index contributed by atoms with van der Waals surface area (Å²) in [5, 5.41) is 9.02. The predicted octanol–water partition coefficient (Wildman–Crippen LogP) is 3.19. The van der Waals surface area contributed by atoms with Crippen molar-refractivity contribution < 1.29 is 27.9 Å². The lowest BCUT2D eigenvalue weighted by Gasteiger charge is -2.25. The molecule has 5 nitrogen and oxygen atoms in total. The normalized spacial score (nSPS) is 15.6. The molecule has 0 saturated heterocycles. The summed E-state index contributed by atoms with van der Waals surface area (Å²) in [4.78, 5) is 14.7. The molecule has 1 amide bonds. The van der Waals surface area contributed by atoms with Crippen molar-refractivity contribution >= 4 is 16.8 Å². The highest BCUT2D eigenvalue weighted by Crippen LogP contribution is 2.46. The third-order valence-corrected chi connectivity index (χ3v) is 3.93. The number of carbonyl (C=O) groups excluding carboxylic acids is 1. The Labute approximate surface area is 132 Å². The SMILES string of the molecule is O=C(NO)[C@H]1Oc2cc(F)ccc2-c2[nH]c3c(F)cc(F)cc3c21. The van der Waals surface area contributed by atoms with Gasteiger partial charge in [-0.15, -0.1) is 0 Å². The topological polar surface area (TPSA) is 74.3 Å². The second kappa shape index (κ2) is 5.00. The first-order valence-electron chi connectivity index (χ1n) is 6.90. The van der Waals surface area contributed by atoms with Crippen molar-refractivity contribution in [2.45, 2.75) is 6.10 Å². The van der Waals surface area contributed by atoms with Crippen molar-refractivity contribution in [1.29, 1.82) is 0 Å². The van der Waals surface area contributed by atoms with Crippen molar-refractivity contribution in [3.63, 3.8) is 0 Å². The van der Waals surface area contributed by atoms with E-state index in [1.165, 1.54) is 17.6 Å². The average molecular weight is 334 g/mol. The molecular weight excluding hydrogens is 325 g/mol. The summed E-state index contributed by atoms with van der Waals surface area (Å²) >= 11 is 0. The van der Waals surface area contributed by atoms with E-state index < -0.39 is 29.5 Å². The van der Waals surface area contributed by atoms with E-state index in [1.54, 1.807) is 0 Å². The average Bonchev–Trinajstić information content (AvgIpc) is 2.93. The van der Waals surface area contributed by atoms with Crippen LogP contribution >= 0.6 is 0 Å². The van der Waals surface area contributed by atoms with Gasteiger partial charge in [0.05, 0.1) is 11.2 Å². The smallest absolute Gasteiger partial charge is 0.289 e. The molecular formula is C16H9F3N2O3. The molecule has 0 unspecified atom stereocenters. The van der Waals surface area contributed by atoms with Gasteiger partial charge in [-0.1, -0.05) is 0 Å². The molecule has 122 valence electrons. The Morgan fingerprint density at radius 2 is 1.96 bits per heavy atom. The number of carbonyl (C=O) groups is 1. The van der Waals surface area contributed by atoms with Crippen molar-refractivity contribution in [3.8, 4) is 17.0 Å². The minimum atomic E-state index is -1.39. The molecule has 3 aromatic rings. The molecule has 0 aliphatic carbocycles. The summed E-state index contributed by atoms with van der Waals surface area (Å²) in [6, 6.07) is 5.42. The van der Waals surface area contributed by atoms with Crippen LogP contribution < -0.4 is 10.2 Å². The minimum absolute atomic E-state index is 0.0158. The van der Waals surface area contributed by atoms with Gasteiger partial charge in [-0.05, 0) is 18.2 Å². The number of halogens is 3. The van der Waals surface area contributed by atoms with Gasteiger partial charge in [-0.25, -0.2) is 18.7 Å². The number of hydrogen-bond acceptors (Lipinski definition) is 3. The van der Waals surface area contributed by atoms with E-state index in [1.807, 2.05) is 0 Å². The van der Waals surface area contributed by atoms with Gasteiger partial charge in [0.2, 0.25) is 6.10 Å². The molecule has 0 fully saturated rings. The molecule has 24 heavy (non-hydrogen) atoms. The van der Waals surface area contributed by atoms with Crippen LogP contribution in [0.3, 0.4) is 0 Å². The number of benzene rings is 2. The van der Waals surface area contributed by atoms with Crippen molar-refractivity contribution in [2.24, 2.45) is 0 Å². The number of amides is 1. The molecule has 0 bridgehead atoms. The number of H-pyrrole nitrogens is 1. The number of hydrogen-bond donors (Lipinski definition) is 3. The molecule has 0 radical (unpaired) electrons. The van der Waals surface area contributed by atoms with Crippen LogP contribution in [0.1, 0.15) is 11.7 Å². The number of aromatic amines is 1. The van der Waals surface area contributed by atoms with Gasteiger partial charge in [-0.3, -0.25) is 10.0 Å². The molecule has 1 aliphatic rings. The van der Waals surface area contributed by atoms with Crippen LogP contribution in [0.2, 0.25) is 0 Å². The van der Waals surface area contributed by atoms with Gasteiger partial charge in [-0.2, -0.15) is 0 Å². The van der Waals surface area contributed by atoms with Crippen LogP contribution in [-0.2, 0) is 4.79 Å². The predicted molar refractivity (Wildman–Crippen MR) is 76.9 cm³/mol. The Bertz CT molecular complexity index is 1000. The number of ether oxygens (including phenoxy) is 1. The molecule has 4 rings (SSSR count). The first-order valence-corrected chi connectivity index (χ1v) is 6.90. The zero-order chi connectivity index (χ0) is 17.0. The number of nitrogens with one attached hydrogen (secondary N) is 2. The Balaban J connectivity index is 2.09. The number of aromatic nitrogens is 1. The Kier molecular flexibility index (Phi) is 3.04. The summed E-state index contributed by atoms with van der Waals surface area (Å²) in [5.41, 5.74) is 2.28. The Hall–Kier alpha value is -3.00. The summed E-state index contributed by atoms with van der Waals surface area (Å²) in [7, 11) is 0. The van der Waals surface area contributed by atoms with Crippen molar-refractivity contribution in [1.82, 2.24) is 10.5 Å². The van der Waals surface area contributed by atoms with Crippen molar-refractivity contribution in [2.75, 3.05) is 0 Å². The maximum atomic E-state index is 14.1. The van der Waals surface area contributed by atoms with E-state index in [4.69, 9.17) is 9.94 Å². The molecule has 8 heteroatoms. The van der Waals surface area contributed by atoms with E-state index in [2.05, 4.69) is 4.98 Å². The molecule has 0 saturated carbocycles. The molecule has 1 aromatic heterocycles. The lowest BCUT2D eigenvalue weighted by atomic mass is 9.96. The van der Waals surface area contributed by atoms with Crippen LogP contribution in [0.25, 0.3) is 22.2 Å². The zero-order valence-corrected chi connectivity index (χ0v) is 11.9. The molecule has 1 atom stereocenters. The molecule has 1 aliphatic heterocycles. The number of hydroxylamine groups is 1. The third-order valence-electron chi connectivity index (χ3n) is 3.93. The fourth-order valence-corrected chi connectivity index (χ4v) is 2.95. The van der Waals surface area contributed by atoms with Gasteiger partial charge in [0.25, 0.3) is 5.91 Å². The fourth-order valence-electron chi connectivity index (χ4n) is 2.95. The maximum Gasteiger partial charge on any atom is 0.289 e. The van der Waals surface area contributed by atoms with Crippen LogP contribution in [0.15, 0.2) is 30.3 Å². The van der Waals surface area contributed by atoms with Gasteiger partial charge < -0.3 is 9.72 Å². The Morgan fingerprint density at radius 1 is 1.17 bits per heavy atom. The van der Waals surface area contributed by atoms with E-state index in [0.717, 1.165) is 12.1 Å². The lowest BCUT2D eigenvalue weighted by molar-refractivity contribution is -0.136. The summed E-state index contributed by atoms with van der Waals surface area (Å²) in [6.07, 6.45) is -1.39. The minimum Gasteiger partial charge on any atom is -0.475 e. The fraction of sp³-hybridized carbons (Fsp3) is 0.0625. The highest BCUT2D eigenvalue weighted by molar-refractivity contribution is 5.99. The molecule has 2 aromatic carbocycles. The third kappa shape index (κ3) is 1.96. The van der Waals surface area contributed by atoms with E-state index in [0.29, 0.717) is 17.3 Å². The number of rotatable bonds is 1. The van der Waals surface area contributed by atoms with E-state index >= 15 is 0 Å². The zero-order valence-electron chi connectivity index (χ0n) is 11.9. The summed E-state index contributed by atoms with van der Waals surface area (Å²) in [6.45, 7) is 0.